The monoisotopic (exact) mass is 152 g/mol. The molecule has 0 aromatic carbocycles. The predicted molar refractivity (Wildman–Crippen MR) is 45.2 cm³/mol. The number of aliphatic hydroxyl groups is 1. The first-order valence-corrected chi connectivity index (χ1v) is 4.65. The van der Waals surface area contributed by atoms with E-state index in [0.29, 0.717) is 12.5 Å². The fourth-order valence-electron chi connectivity index (χ4n) is 2.52. The molecule has 1 heteroatoms. The average Bonchev–Trinajstić information content (AvgIpc) is 2.31. The van der Waals surface area contributed by atoms with Crippen LogP contribution in [0.4, 0.5) is 0 Å². The highest BCUT2D eigenvalue weighted by Crippen LogP contribution is 2.49. The highest BCUT2D eigenvalue weighted by atomic mass is 16.3. The first kappa shape index (κ1) is 7.35. The Hall–Kier alpha value is -0.300. The van der Waals surface area contributed by atoms with Crippen molar-refractivity contribution in [3.63, 3.8) is 0 Å². The van der Waals surface area contributed by atoms with Gasteiger partial charge in [0.25, 0.3) is 0 Å². The van der Waals surface area contributed by atoms with Crippen LogP contribution in [0.1, 0.15) is 26.2 Å². The normalized spacial score (nSPS) is 41.3. The van der Waals surface area contributed by atoms with Crippen LogP contribution in [0.2, 0.25) is 0 Å². The number of rotatable bonds is 2. The molecule has 2 aliphatic rings. The molecule has 62 valence electrons. The molecular weight excluding hydrogens is 136 g/mol. The van der Waals surface area contributed by atoms with E-state index < -0.39 is 0 Å². The lowest BCUT2D eigenvalue weighted by molar-refractivity contribution is 0.0641. The van der Waals surface area contributed by atoms with Gasteiger partial charge in [0.15, 0.2) is 0 Å². The van der Waals surface area contributed by atoms with Crippen molar-refractivity contribution in [3.05, 3.63) is 11.6 Å². The second-order valence-corrected chi connectivity index (χ2v) is 3.90. The van der Waals surface area contributed by atoms with E-state index in [1.54, 1.807) is 5.57 Å². The van der Waals surface area contributed by atoms with Gasteiger partial charge in [0.2, 0.25) is 0 Å². The Labute approximate surface area is 68.1 Å². The minimum Gasteiger partial charge on any atom is -0.396 e. The van der Waals surface area contributed by atoms with Crippen molar-refractivity contribution in [2.75, 3.05) is 6.61 Å². The quantitative estimate of drug-likeness (QED) is 0.600. The Kier molecular flexibility index (Phi) is 1.76. The van der Waals surface area contributed by atoms with Crippen molar-refractivity contribution in [1.82, 2.24) is 0 Å². The summed E-state index contributed by atoms with van der Waals surface area (Å²) in [6.45, 7) is 2.62. The minimum atomic E-state index is 0.397. The molecule has 11 heavy (non-hydrogen) atoms. The smallest absolute Gasteiger partial charge is 0.0465 e. The van der Waals surface area contributed by atoms with Gasteiger partial charge in [-0.2, -0.15) is 0 Å². The maximum absolute atomic E-state index is 8.96. The Bertz CT molecular complexity index is 183. The first-order valence-electron chi connectivity index (χ1n) is 4.65. The van der Waals surface area contributed by atoms with Crippen LogP contribution in [0.25, 0.3) is 0 Å². The van der Waals surface area contributed by atoms with Gasteiger partial charge in [0.05, 0.1) is 0 Å². The third kappa shape index (κ3) is 1.02. The highest BCUT2D eigenvalue weighted by Gasteiger charge is 2.42. The molecule has 1 fully saturated rings. The molecule has 0 amide bonds. The summed E-state index contributed by atoms with van der Waals surface area (Å²) in [5, 5.41) is 8.96. The SMILES string of the molecule is CCC1=C[C@H]2[C@H](CO)C[C@H]2C1. The summed E-state index contributed by atoms with van der Waals surface area (Å²) in [7, 11) is 0. The number of hydrogen-bond donors (Lipinski definition) is 1. The molecule has 2 aliphatic carbocycles. The molecule has 0 aliphatic heterocycles. The van der Waals surface area contributed by atoms with Crippen LogP contribution in [0, 0.1) is 17.8 Å². The molecule has 3 atom stereocenters. The molecule has 0 aromatic rings. The molecule has 2 rings (SSSR count). The van der Waals surface area contributed by atoms with E-state index in [9.17, 15) is 0 Å². The van der Waals surface area contributed by atoms with E-state index in [2.05, 4.69) is 13.0 Å². The van der Waals surface area contributed by atoms with Gasteiger partial charge in [-0.05, 0) is 37.0 Å². The predicted octanol–water partition coefficient (Wildman–Crippen LogP) is 1.97. The van der Waals surface area contributed by atoms with E-state index in [1.807, 2.05) is 0 Å². The fourth-order valence-corrected chi connectivity index (χ4v) is 2.52. The van der Waals surface area contributed by atoms with Crippen molar-refractivity contribution >= 4 is 0 Å². The molecule has 1 nitrogen and oxygen atoms in total. The Morgan fingerprint density at radius 2 is 2.45 bits per heavy atom. The summed E-state index contributed by atoms with van der Waals surface area (Å²) in [5.41, 5.74) is 1.62. The van der Waals surface area contributed by atoms with E-state index in [-0.39, 0.29) is 0 Å². The summed E-state index contributed by atoms with van der Waals surface area (Å²) < 4.78 is 0. The van der Waals surface area contributed by atoms with Crippen molar-refractivity contribution in [3.8, 4) is 0 Å². The molecule has 1 N–H and O–H groups in total. The Morgan fingerprint density at radius 1 is 1.64 bits per heavy atom. The van der Waals surface area contributed by atoms with Crippen LogP contribution in [0.3, 0.4) is 0 Å². The van der Waals surface area contributed by atoms with Gasteiger partial charge in [0.1, 0.15) is 0 Å². The number of allylic oxidation sites excluding steroid dienone is 2. The van der Waals surface area contributed by atoms with Gasteiger partial charge in [-0.15, -0.1) is 0 Å². The number of fused-ring (bicyclic) bond motifs is 1. The van der Waals surface area contributed by atoms with Crippen LogP contribution < -0.4 is 0 Å². The largest absolute Gasteiger partial charge is 0.396 e. The Morgan fingerprint density at radius 3 is 3.09 bits per heavy atom. The van der Waals surface area contributed by atoms with Crippen LogP contribution in [-0.2, 0) is 0 Å². The molecule has 0 aromatic heterocycles. The topological polar surface area (TPSA) is 20.2 Å². The van der Waals surface area contributed by atoms with Gasteiger partial charge < -0.3 is 5.11 Å². The van der Waals surface area contributed by atoms with Gasteiger partial charge in [-0.1, -0.05) is 18.6 Å². The lowest BCUT2D eigenvalue weighted by atomic mass is 9.67. The summed E-state index contributed by atoms with van der Waals surface area (Å²) >= 11 is 0. The van der Waals surface area contributed by atoms with Crippen molar-refractivity contribution < 1.29 is 5.11 Å². The highest BCUT2D eigenvalue weighted by molar-refractivity contribution is 5.18. The van der Waals surface area contributed by atoms with Gasteiger partial charge in [0, 0.05) is 6.61 Å². The molecular formula is C10H16O. The molecule has 0 spiro atoms. The zero-order valence-electron chi connectivity index (χ0n) is 7.09. The summed E-state index contributed by atoms with van der Waals surface area (Å²) in [6.07, 6.45) is 6.21. The summed E-state index contributed by atoms with van der Waals surface area (Å²) in [6, 6.07) is 0. The van der Waals surface area contributed by atoms with Gasteiger partial charge in [-0.3, -0.25) is 0 Å². The van der Waals surface area contributed by atoms with Crippen LogP contribution in [-0.4, -0.2) is 11.7 Å². The van der Waals surface area contributed by atoms with Crippen LogP contribution >= 0.6 is 0 Å². The summed E-state index contributed by atoms with van der Waals surface area (Å²) in [5.74, 6) is 2.25. The van der Waals surface area contributed by atoms with Crippen molar-refractivity contribution in [2.24, 2.45) is 17.8 Å². The lowest BCUT2D eigenvalue weighted by Gasteiger charge is -2.38. The first-order chi connectivity index (χ1) is 5.35. The third-order valence-electron chi connectivity index (χ3n) is 3.34. The molecule has 0 unspecified atom stereocenters. The molecule has 0 bridgehead atoms. The lowest BCUT2D eigenvalue weighted by Crippen LogP contribution is -2.34. The van der Waals surface area contributed by atoms with Gasteiger partial charge in [-0.25, -0.2) is 0 Å². The van der Waals surface area contributed by atoms with Crippen LogP contribution in [0.5, 0.6) is 0 Å². The maximum Gasteiger partial charge on any atom is 0.0465 e. The summed E-state index contributed by atoms with van der Waals surface area (Å²) in [4.78, 5) is 0. The van der Waals surface area contributed by atoms with E-state index in [4.69, 9.17) is 5.11 Å². The minimum absolute atomic E-state index is 0.397. The second-order valence-electron chi connectivity index (χ2n) is 3.90. The van der Waals surface area contributed by atoms with E-state index in [1.165, 1.54) is 19.3 Å². The Balaban J connectivity index is 2.00. The number of aliphatic hydroxyl groups excluding tert-OH is 1. The zero-order chi connectivity index (χ0) is 7.84. The maximum atomic E-state index is 8.96. The van der Waals surface area contributed by atoms with Crippen molar-refractivity contribution in [1.29, 1.82) is 0 Å². The number of hydrogen-bond acceptors (Lipinski definition) is 1. The van der Waals surface area contributed by atoms with E-state index in [0.717, 1.165) is 11.8 Å². The molecule has 0 radical (unpaired) electrons. The van der Waals surface area contributed by atoms with Gasteiger partial charge >= 0.3 is 0 Å². The standard InChI is InChI=1S/C10H16O/c1-2-7-3-8-5-9(6-11)10(8)4-7/h4,8-11H,2-3,5-6H2,1H3/t8-,9+,10-/m1/s1. The van der Waals surface area contributed by atoms with Crippen LogP contribution in [0.15, 0.2) is 11.6 Å². The molecule has 0 heterocycles. The van der Waals surface area contributed by atoms with E-state index >= 15 is 0 Å². The second kappa shape index (κ2) is 2.63. The zero-order valence-corrected chi connectivity index (χ0v) is 7.09. The third-order valence-corrected chi connectivity index (χ3v) is 3.34. The van der Waals surface area contributed by atoms with Crippen molar-refractivity contribution in [2.45, 2.75) is 26.2 Å². The molecule has 1 saturated carbocycles. The molecule has 0 saturated heterocycles. The average molecular weight is 152 g/mol. The fraction of sp³-hybridized carbons (Fsp3) is 0.800.